The maximum absolute atomic E-state index is 6.07. The molecule has 4 aromatic rings. The summed E-state index contributed by atoms with van der Waals surface area (Å²) in [6.45, 7) is 0. The molecule has 0 unspecified atom stereocenters. The van der Waals surface area contributed by atoms with Gasteiger partial charge in [0.2, 0.25) is 0 Å². The Bertz CT molecular complexity index is 1020. The fraction of sp³-hybridized carbons (Fsp3) is 0. The molecule has 0 fully saturated rings. The lowest BCUT2D eigenvalue weighted by Gasteiger charge is -2.12. The van der Waals surface area contributed by atoms with E-state index in [9.17, 15) is 0 Å². The van der Waals surface area contributed by atoms with Gasteiger partial charge in [0.05, 0.1) is 5.69 Å². The normalized spacial score (nSPS) is 10.7. The van der Waals surface area contributed by atoms with Crippen molar-refractivity contribution in [2.75, 3.05) is 0 Å². The van der Waals surface area contributed by atoms with Crippen molar-refractivity contribution in [3.05, 3.63) is 101 Å². The molecule has 1 nitrogen and oxygen atoms in total. The molecule has 0 aliphatic rings. The van der Waals surface area contributed by atoms with Crippen LogP contribution in [-0.2, 0) is 0 Å². The topological polar surface area (TPSA) is 12.9 Å². The molecule has 0 radical (unpaired) electrons. The lowest BCUT2D eigenvalue weighted by Crippen LogP contribution is -1.91. The van der Waals surface area contributed by atoms with E-state index in [0.29, 0.717) is 0 Å². The Morgan fingerprint density at radius 1 is 0.538 bits per heavy atom. The average Bonchev–Trinajstić information content (AvgIpc) is 2.69. The minimum Gasteiger partial charge on any atom is -0.255 e. The molecule has 0 saturated carbocycles. The SMILES string of the molecule is Clc1ccc(-c2cnc(-c3ccccc3)c(-c3ccc(Cl)cc3)c2)cc1. The number of benzene rings is 3. The van der Waals surface area contributed by atoms with E-state index in [1.807, 2.05) is 72.9 Å². The van der Waals surface area contributed by atoms with Gasteiger partial charge < -0.3 is 0 Å². The highest BCUT2D eigenvalue weighted by Gasteiger charge is 2.11. The van der Waals surface area contributed by atoms with Crippen LogP contribution in [0.1, 0.15) is 0 Å². The van der Waals surface area contributed by atoms with Crippen molar-refractivity contribution in [1.29, 1.82) is 0 Å². The van der Waals surface area contributed by atoms with Crippen LogP contribution < -0.4 is 0 Å². The first kappa shape index (κ1) is 16.8. The molecule has 3 aromatic carbocycles. The highest BCUT2D eigenvalue weighted by molar-refractivity contribution is 6.31. The first-order chi connectivity index (χ1) is 12.7. The molecule has 126 valence electrons. The number of hydrogen-bond acceptors (Lipinski definition) is 1. The van der Waals surface area contributed by atoms with E-state index in [0.717, 1.165) is 43.6 Å². The van der Waals surface area contributed by atoms with Gasteiger partial charge in [-0.1, -0.05) is 77.8 Å². The summed E-state index contributed by atoms with van der Waals surface area (Å²) >= 11 is 12.1. The predicted octanol–water partition coefficient (Wildman–Crippen LogP) is 7.39. The zero-order valence-corrected chi connectivity index (χ0v) is 15.4. The Hall–Kier alpha value is -2.61. The molecule has 0 N–H and O–H groups in total. The molecule has 0 bridgehead atoms. The van der Waals surface area contributed by atoms with Crippen LogP contribution in [0.15, 0.2) is 91.1 Å². The van der Waals surface area contributed by atoms with Crippen LogP contribution in [0, 0.1) is 0 Å². The van der Waals surface area contributed by atoms with E-state index in [1.54, 1.807) is 0 Å². The van der Waals surface area contributed by atoms with E-state index in [1.165, 1.54) is 0 Å². The second-order valence-electron chi connectivity index (χ2n) is 6.00. The summed E-state index contributed by atoms with van der Waals surface area (Å²) in [5.41, 5.74) is 6.31. The van der Waals surface area contributed by atoms with Gasteiger partial charge in [-0.25, -0.2) is 0 Å². The van der Waals surface area contributed by atoms with E-state index in [-0.39, 0.29) is 0 Å². The largest absolute Gasteiger partial charge is 0.255 e. The van der Waals surface area contributed by atoms with Crippen LogP contribution in [0.4, 0.5) is 0 Å². The molecule has 1 heterocycles. The van der Waals surface area contributed by atoms with Gasteiger partial charge >= 0.3 is 0 Å². The lowest BCUT2D eigenvalue weighted by molar-refractivity contribution is 1.32. The van der Waals surface area contributed by atoms with Crippen LogP contribution in [0.3, 0.4) is 0 Å². The smallest absolute Gasteiger partial charge is 0.0780 e. The fourth-order valence-electron chi connectivity index (χ4n) is 2.94. The van der Waals surface area contributed by atoms with Gasteiger partial charge in [0.25, 0.3) is 0 Å². The van der Waals surface area contributed by atoms with Crippen LogP contribution in [-0.4, -0.2) is 4.98 Å². The average molecular weight is 376 g/mol. The molecule has 3 heteroatoms. The van der Waals surface area contributed by atoms with Gasteiger partial charge in [-0.05, 0) is 41.5 Å². The quantitative estimate of drug-likeness (QED) is 0.363. The third kappa shape index (κ3) is 3.50. The summed E-state index contributed by atoms with van der Waals surface area (Å²) in [7, 11) is 0. The minimum atomic E-state index is 0.719. The maximum Gasteiger partial charge on any atom is 0.0780 e. The summed E-state index contributed by atoms with van der Waals surface area (Å²) in [4.78, 5) is 4.78. The molecule has 4 rings (SSSR count). The summed E-state index contributed by atoms with van der Waals surface area (Å²) in [5.74, 6) is 0. The van der Waals surface area contributed by atoms with Crippen LogP contribution in [0.25, 0.3) is 33.5 Å². The molecular weight excluding hydrogens is 361 g/mol. The second-order valence-corrected chi connectivity index (χ2v) is 6.87. The Kier molecular flexibility index (Phi) is 4.75. The number of hydrogen-bond donors (Lipinski definition) is 0. The Morgan fingerprint density at radius 3 is 1.73 bits per heavy atom. The van der Waals surface area contributed by atoms with Crippen LogP contribution in [0.2, 0.25) is 10.0 Å². The van der Waals surface area contributed by atoms with Gasteiger partial charge in [-0.2, -0.15) is 0 Å². The van der Waals surface area contributed by atoms with Crippen molar-refractivity contribution in [3.63, 3.8) is 0 Å². The van der Waals surface area contributed by atoms with Crippen LogP contribution >= 0.6 is 23.2 Å². The highest BCUT2D eigenvalue weighted by Crippen LogP contribution is 2.34. The number of rotatable bonds is 3. The van der Waals surface area contributed by atoms with E-state index < -0.39 is 0 Å². The van der Waals surface area contributed by atoms with Crippen molar-refractivity contribution in [2.24, 2.45) is 0 Å². The molecule has 0 spiro atoms. The standard InChI is InChI=1S/C23H15Cl2N/c24-20-10-6-16(7-11-20)19-14-22(17-8-12-21(25)13-9-17)23(26-15-19)18-4-2-1-3-5-18/h1-15H. The Labute approximate surface area is 162 Å². The number of pyridine rings is 1. The Balaban J connectivity index is 1.90. The molecule has 0 atom stereocenters. The number of nitrogens with zero attached hydrogens (tertiary/aromatic N) is 1. The first-order valence-electron chi connectivity index (χ1n) is 8.28. The van der Waals surface area contributed by atoms with Gasteiger partial charge in [0.15, 0.2) is 0 Å². The summed E-state index contributed by atoms with van der Waals surface area (Å²) in [6, 6.07) is 28.0. The molecule has 0 aliphatic heterocycles. The Morgan fingerprint density at radius 2 is 1.12 bits per heavy atom. The molecule has 1 aromatic heterocycles. The van der Waals surface area contributed by atoms with Crippen molar-refractivity contribution < 1.29 is 0 Å². The first-order valence-corrected chi connectivity index (χ1v) is 9.04. The molecular formula is C23H15Cl2N. The summed E-state index contributed by atoms with van der Waals surface area (Å²) < 4.78 is 0. The van der Waals surface area contributed by atoms with Gasteiger partial charge in [-0.15, -0.1) is 0 Å². The second kappa shape index (κ2) is 7.33. The number of aromatic nitrogens is 1. The van der Waals surface area contributed by atoms with Crippen molar-refractivity contribution in [2.45, 2.75) is 0 Å². The van der Waals surface area contributed by atoms with E-state index in [2.05, 4.69) is 18.2 Å². The van der Waals surface area contributed by atoms with Gasteiger partial charge in [-0.3, -0.25) is 4.98 Å². The third-order valence-corrected chi connectivity index (χ3v) is 4.77. The fourth-order valence-corrected chi connectivity index (χ4v) is 3.19. The maximum atomic E-state index is 6.07. The van der Waals surface area contributed by atoms with Gasteiger partial charge in [0, 0.05) is 32.9 Å². The highest BCUT2D eigenvalue weighted by atomic mass is 35.5. The molecule has 0 saturated heterocycles. The third-order valence-electron chi connectivity index (χ3n) is 4.27. The van der Waals surface area contributed by atoms with E-state index >= 15 is 0 Å². The predicted molar refractivity (Wildman–Crippen MR) is 111 cm³/mol. The molecule has 0 amide bonds. The van der Waals surface area contributed by atoms with Crippen molar-refractivity contribution in [3.8, 4) is 33.5 Å². The van der Waals surface area contributed by atoms with E-state index in [4.69, 9.17) is 28.2 Å². The molecule has 0 aliphatic carbocycles. The zero-order chi connectivity index (χ0) is 17.9. The van der Waals surface area contributed by atoms with Crippen molar-refractivity contribution in [1.82, 2.24) is 4.98 Å². The minimum absolute atomic E-state index is 0.719. The monoisotopic (exact) mass is 375 g/mol. The zero-order valence-electron chi connectivity index (χ0n) is 13.9. The molecule has 26 heavy (non-hydrogen) atoms. The van der Waals surface area contributed by atoms with Gasteiger partial charge in [0.1, 0.15) is 0 Å². The van der Waals surface area contributed by atoms with Crippen molar-refractivity contribution >= 4 is 23.2 Å². The van der Waals surface area contributed by atoms with Crippen LogP contribution in [0.5, 0.6) is 0 Å². The summed E-state index contributed by atoms with van der Waals surface area (Å²) in [6.07, 6.45) is 1.91. The number of halogens is 2. The lowest BCUT2D eigenvalue weighted by atomic mass is 9.96. The summed E-state index contributed by atoms with van der Waals surface area (Å²) in [5, 5.41) is 1.44.